The van der Waals surface area contributed by atoms with E-state index in [1.165, 1.54) is 7.11 Å². The summed E-state index contributed by atoms with van der Waals surface area (Å²) in [7, 11) is 1.35. The van der Waals surface area contributed by atoms with Gasteiger partial charge in [0, 0.05) is 11.6 Å². The van der Waals surface area contributed by atoms with E-state index in [2.05, 4.69) is 30.6 Å². The molecule has 0 spiro atoms. The molecule has 1 N–H and O–H groups in total. The molecule has 4 nitrogen and oxygen atoms in total. The fourth-order valence-corrected chi connectivity index (χ4v) is 1.86. The van der Waals surface area contributed by atoms with Crippen LogP contribution in [0, 0.1) is 0 Å². The van der Waals surface area contributed by atoms with Crippen molar-refractivity contribution in [2.75, 3.05) is 7.11 Å². The van der Waals surface area contributed by atoms with Gasteiger partial charge in [0.15, 0.2) is 0 Å². The summed E-state index contributed by atoms with van der Waals surface area (Å²) < 4.78 is 5.34. The lowest BCUT2D eigenvalue weighted by Crippen LogP contribution is -2.01. The molecule has 2 rings (SSSR count). The quantitative estimate of drug-likeness (QED) is 0.794. The fourth-order valence-electron chi connectivity index (χ4n) is 1.25. The first-order valence-corrected chi connectivity index (χ1v) is 4.73. The van der Waals surface area contributed by atoms with Crippen molar-refractivity contribution in [1.82, 2.24) is 9.97 Å². The molecule has 5 heteroatoms. The topological polar surface area (TPSA) is 55.0 Å². The van der Waals surface area contributed by atoms with Crippen molar-refractivity contribution in [3.63, 3.8) is 0 Å². The van der Waals surface area contributed by atoms with E-state index in [1.54, 1.807) is 12.4 Å². The van der Waals surface area contributed by atoms with Crippen LogP contribution in [0.1, 0.15) is 10.5 Å². The number of ether oxygens (including phenoxy) is 1. The number of carbonyl (C=O) groups excluding carboxylic acids is 1. The highest BCUT2D eigenvalue weighted by Gasteiger charge is 2.15. The predicted octanol–water partition coefficient (Wildman–Crippen LogP) is 2.11. The first-order chi connectivity index (χ1) is 6.74. The van der Waals surface area contributed by atoms with Crippen LogP contribution in [0.15, 0.2) is 22.9 Å². The number of nitrogens with one attached hydrogen (secondary N) is 1. The van der Waals surface area contributed by atoms with Crippen LogP contribution < -0.4 is 0 Å². The monoisotopic (exact) mass is 254 g/mol. The van der Waals surface area contributed by atoms with Crippen LogP contribution in [-0.2, 0) is 4.74 Å². The summed E-state index contributed by atoms with van der Waals surface area (Å²) in [6.45, 7) is 0. The molecule has 0 saturated heterocycles. The van der Waals surface area contributed by atoms with Gasteiger partial charge in [0.05, 0.1) is 23.3 Å². The number of pyridine rings is 1. The first-order valence-electron chi connectivity index (χ1n) is 3.93. The third kappa shape index (κ3) is 1.29. The molecular weight excluding hydrogens is 248 g/mol. The van der Waals surface area contributed by atoms with E-state index in [-0.39, 0.29) is 0 Å². The average molecular weight is 255 g/mol. The van der Waals surface area contributed by atoms with Crippen molar-refractivity contribution in [3.05, 3.63) is 28.6 Å². The molecule has 0 atom stereocenters. The van der Waals surface area contributed by atoms with Crippen molar-refractivity contribution in [2.24, 2.45) is 0 Å². The zero-order chi connectivity index (χ0) is 10.1. The number of nitrogens with zero attached hydrogens (tertiary/aromatic N) is 1. The molecule has 0 saturated carbocycles. The second kappa shape index (κ2) is 3.42. The smallest absolute Gasteiger partial charge is 0.355 e. The Morgan fingerprint density at radius 2 is 2.43 bits per heavy atom. The number of H-pyrrole nitrogens is 1. The molecule has 0 fully saturated rings. The number of rotatable bonds is 1. The van der Waals surface area contributed by atoms with Crippen LogP contribution in [0.5, 0.6) is 0 Å². The maximum atomic E-state index is 11.3. The van der Waals surface area contributed by atoms with Crippen molar-refractivity contribution >= 4 is 32.8 Å². The zero-order valence-electron chi connectivity index (χ0n) is 7.37. The molecule has 72 valence electrons. The molecule has 14 heavy (non-hydrogen) atoms. The maximum absolute atomic E-state index is 11.3. The van der Waals surface area contributed by atoms with Gasteiger partial charge >= 0.3 is 5.97 Å². The number of hydrogen-bond acceptors (Lipinski definition) is 3. The zero-order valence-corrected chi connectivity index (χ0v) is 8.96. The van der Waals surface area contributed by atoms with Gasteiger partial charge in [0.1, 0.15) is 5.69 Å². The minimum Gasteiger partial charge on any atom is -0.464 e. The second-order valence-electron chi connectivity index (χ2n) is 2.73. The van der Waals surface area contributed by atoms with Gasteiger partial charge < -0.3 is 9.72 Å². The fraction of sp³-hybridized carbons (Fsp3) is 0.111. The van der Waals surface area contributed by atoms with Crippen molar-refractivity contribution in [3.8, 4) is 0 Å². The van der Waals surface area contributed by atoms with E-state index < -0.39 is 5.97 Å². The van der Waals surface area contributed by atoms with Gasteiger partial charge in [0.25, 0.3) is 0 Å². The highest BCUT2D eigenvalue weighted by molar-refractivity contribution is 9.10. The number of methoxy groups -OCH3 is 1. The van der Waals surface area contributed by atoms with Crippen LogP contribution in [-0.4, -0.2) is 23.0 Å². The number of carbonyl (C=O) groups is 1. The lowest BCUT2D eigenvalue weighted by atomic mass is 10.3. The Labute approximate surface area is 88.4 Å². The van der Waals surface area contributed by atoms with E-state index in [0.717, 1.165) is 10.9 Å². The molecular formula is C9H7BrN2O2. The Morgan fingerprint density at radius 3 is 3.07 bits per heavy atom. The van der Waals surface area contributed by atoms with Crippen LogP contribution in [0.3, 0.4) is 0 Å². The van der Waals surface area contributed by atoms with Gasteiger partial charge in [-0.05, 0) is 22.0 Å². The first kappa shape index (κ1) is 9.21. The van der Waals surface area contributed by atoms with Gasteiger partial charge in [-0.15, -0.1) is 0 Å². The molecule has 0 amide bonds. The third-order valence-electron chi connectivity index (χ3n) is 1.93. The van der Waals surface area contributed by atoms with Gasteiger partial charge in [-0.1, -0.05) is 0 Å². The molecule has 2 aromatic heterocycles. The Kier molecular flexibility index (Phi) is 2.25. The number of esters is 1. The van der Waals surface area contributed by atoms with E-state index in [4.69, 9.17) is 0 Å². The van der Waals surface area contributed by atoms with Crippen LogP contribution >= 0.6 is 15.9 Å². The standard InChI is InChI=1S/C9H7BrN2O2/c1-14-9(13)8-7(10)5-2-3-11-4-6(5)12-8/h2-4,12H,1H3. The van der Waals surface area contributed by atoms with Crippen molar-refractivity contribution < 1.29 is 9.53 Å². The number of aromatic nitrogens is 2. The Hall–Kier alpha value is -1.36. The molecule has 0 aliphatic rings. The third-order valence-corrected chi connectivity index (χ3v) is 2.75. The largest absolute Gasteiger partial charge is 0.464 e. The minimum atomic E-state index is -0.395. The average Bonchev–Trinajstić information content (AvgIpc) is 2.56. The summed E-state index contributed by atoms with van der Waals surface area (Å²) in [5.41, 5.74) is 1.22. The predicted molar refractivity (Wildman–Crippen MR) is 55.1 cm³/mol. The van der Waals surface area contributed by atoms with Gasteiger partial charge in [-0.25, -0.2) is 4.79 Å². The highest BCUT2D eigenvalue weighted by Crippen LogP contribution is 2.27. The summed E-state index contributed by atoms with van der Waals surface area (Å²) >= 11 is 3.33. The lowest BCUT2D eigenvalue weighted by molar-refractivity contribution is 0.0594. The Morgan fingerprint density at radius 1 is 1.64 bits per heavy atom. The molecule has 2 heterocycles. The highest BCUT2D eigenvalue weighted by atomic mass is 79.9. The van der Waals surface area contributed by atoms with Crippen molar-refractivity contribution in [1.29, 1.82) is 0 Å². The number of halogens is 1. The maximum Gasteiger partial charge on any atom is 0.355 e. The summed E-state index contributed by atoms with van der Waals surface area (Å²) in [6.07, 6.45) is 3.33. The molecule has 0 radical (unpaired) electrons. The second-order valence-corrected chi connectivity index (χ2v) is 3.52. The normalized spacial score (nSPS) is 10.4. The molecule has 0 bridgehead atoms. The van der Waals surface area contributed by atoms with E-state index in [9.17, 15) is 4.79 Å². The van der Waals surface area contributed by atoms with Gasteiger partial charge in [-0.2, -0.15) is 0 Å². The molecule has 0 unspecified atom stereocenters. The molecule has 0 aromatic carbocycles. The minimum absolute atomic E-state index is 0.395. The molecule has 0 aliphatic heterocycles. The summed E-state index contributed by atoms with van der Waals surface area (Å²) in [6, 6.07) is 1.82. The van der Waals surface area contributed by atoms with Gasteiger partial charge in [-0.3, -0.25) is 4.98 Å². The molecule has 2 aromatic rings. The molecule has 0 aliphatic carbocycles. The Balaban J connectivity index is 2.68. The SMILES string of the molecule is COC(=O)c1[nH]c2cnccc2c1Br. The summed E-state index contributed by atoms with van der Waals surface area (Å²) in [4.78, 5) is 18.2. The van der Waals surface area contributed by atoms with E-state index in [1.807, 2.05) is 6.07 Å². The van der Waals surface area contributed by atoms with Gasteiger partial charge in [0.2, 0.25) is 0 Å². The van der Waals surface area contributed by atoms with Crippen molar-refractivity contribution in [2.45, 2.75) is 0 Å². The van der Waals surface area contributed by atoms with Crippen LogP contribution in [0.2, 0.25) is 0 Å². The number of hydrogen-bond donors (Lipinski definition) is 1. The van der Waals surface area contributed by atoms with E-state index >= 15 is 0 Å². The summed E-state index contributed by atoms with van der Waals surface area (Å²) in [5, 5.41) is 0.917. The lowest BCUT2D eigenvalue weighted by Gasteiger charge is -1.94. The number of fused-ring (bicyclic) bond motifs is 1. The Bertz CT molecular complexity index is 493. The number of aromatic amines is 1. The van der Waals surface area contributed by atoms with E-state index in [0.29, 0.717) is 10.2 Å². The van der Waals surface area contributed by atoms with Crippen LogP contribution in [0.4, 0.5) is 0 Å². The summed E-state index contributed by atoms with van der Waals surface area (Å²) in [5.74, 6) is -0.395. The van der Waals surface area contributed by atoms with Crippen LogP contribution in [0.25, 0.3) is 10.9 Å².